The van der Waals surface area contributed by atoms with Gasteiger partial charge in [0, 0.05) is 12.1 Å². The summed E-state index contributed by atoms with van der Waals surface area (Å²) in [5.41, 5.74) is 1.34. The van der Waals surface area contributed by atoms with Gasteiger partial charge in [-0.1, -0.05) is 30.3 Å². The lowest BCUT2D eigenvalue weighted by atomic mass is 9.97. The average molecular weight is 426 g/mol. The summed E-state index contributed by atoms with van der Waals surface area (Å²) in [5, 5.41) is 0. The standard InChI is InChI=1S/C25H31NO5/c1-17-9-8-10-18(2)26(17)24(27)19(3)31-25(28)21-13-14-22(23(15-21)29-4)30-16-20-11-6-5-7-12-20/h5-7,11-15,17-19H,8-10,16H2,1-4H3/t17-,18+,19-/m1/s1. The van der Waals surface area contributed by atoms with Crippen molar-refractivity contribution in [2.24, 2.45) is 0 Å². The summed E-state index contributed by atoms with van der Waals surface area (Å²) in [4.78, 5) is 27.4. The van der Waals surface area contributed by atoms with Gasteiger partial charge in [0.05, 0.1) is 12.7 Å². The first kappa shape index (κ1) is 22.7. The molecule has 1 aliphatic rings. The molecule has 2 aromatic carbocycles. The molecule has 31 heavy (non-hydrogen) atoms. The molecule has 1 aliphatic heterocycles. The second-order valence-corrected chi connectivity index (χ2v) is 8.06. The first-order valence-electron chi connectivity index (χ1n) is 10.8. The predicted octanol–water partition coefficient (Wildman–Crippen LogP) is 4.61. The lowest BCUT2D eigenvalue weighted by Gasteiger charge is -2.40. The molecule has 6 nitrogen and oxygen atoms in total. The summed E-state index contributed by atoms with van der Waals surface area (Å²) >= 11 is 0. The zero-order chi connectivity index (χ0) is 22.4. The molecule has 1 saturated heterocycles. The fourth-order valence-corrected chi connectivity index (χ4v) is 3.99. The van der Waals surface area contributed by atoms with Crippen LogP contribution in [0, 0.1) is 0 Å². The van der Waals surface area contributed by atoms with Gasteiger partial charge in [-0.25, -0.2) is 4.79 Å². The number of ether oxygens (including phenoxy) is 3. The zero-order valence-corrected chi connectivity index (χ0v) is 18.7. The molecule has 166 valence electrons. The van der Waals surface area contributed by atoms with Crippen LogP contribution in [0.3, 0.4) is 0 Å². The Bertz CT molecular complexity index is 888. The first-order valence-corrected chi connectivity index (χ1v) is 10.8. The number of rotatable bonds is 7. The first-order chi connectivity index (χ1) is 14.9. The second kappa shape index (κ2) is 10.3. The van der Waals surface area contributed by atoms with Crippen molar-refractivity contribution in [2.45, 2.75) is 64.8 Å². The van der Waals surface area contributed by atoms with Gasteiger partial charge in [0.15, 0.2) is 17.6 Å². The minimum absolute atomic E-state index is 0.150. The Morgan fingerprint density at radius 2 is 1.71 bits per heavy atom. The number of amides is 1. The van der Waals surface area contributed by atoms with Crippen molar-refractivity contribution in [3.05, 3.63) is 59.7 Å². The normalized spacial score (nSPS) is 19.4. The minimum atomic E-state index is -0.851. The zero-order valence-electron chi connectivity index (χ0n) is 18.7. The molecule has 0 radical (unpaired) electrons. The van der Waals surface area contributed by atoms with E-state index in [1.807, 2.05) is 49.1 Å². The second-order valence-electron chi connectivity index (χ2n) is 8.06. The van der Waals surface area contributed by atoms with Crippen LogP contribution in [0.4, 0.5) is 0 Å². The summed E-state index contributed by atoms with van der Waals surface area (Å²) in [6, 6.07) is 15.0. The van der Waals surface area contributed by atoms with Crippen LogP contribution in [0.5, 0.6) is 11.5 Å². The number of carbonyl (C=O) groups is 2. The molecule has 0 bridgehead atoms. The molecule has 0 spiro atoms. The number of methoxy groups -OCH3 is 1. The molecule has 1 fully saturated rings. The van der Waals surface area contributed by atoms with Gasteiger partial charge in [-0.05, 0) is 63.8 Å². The van der Waals surface area contributed by atoms with Crippen molar-refractivity contribution in [3.8, 4) is 11.5 Å². The number of nitrogens with zero attached hydrogens (tertiary/aromatic N) is 1. The van der Waals surface area contributed by atoms with E-state index in [0.717, 1.165) is 24.8 Å². The maximum atomic E-state index is 12.9. The van der Waals surface area contributed by atoms with Crippen molar-refractivity contribution < 1.29 is 23.8 Å². The van der Waals surface area contributed by atoms with Gasteiger partial charge in [-0.15, -0.1) is 0 Å². The van der Waals surface area contributed by atoms with Crippen molar-refractivity contribution in [2.75, 3.05) is 7.11 Å². The van der Waals surface area contributed by atoms with Crippen LogP contribution in [0.2, 0.25) is 0 Å². The fourth-order valence-electron chi connectivity index (χ4n) is 3.99. The van der Waals surface area contributed by atoms with E-state index in [4.69, 9.17) is 14.2 Å². The molecule has 3 atom stereocenters. The third-order valence-electron chi connectivity index (χ3n) is 5.72. The van der Waals surface area contributed by atoms with Crippen LogP contribution in [0.25, 0.3) is 0 Å². The Labute approximate surface area is 184 Å². The minimum Gasteiger partial charge on any atom is -0.493 e. The summed E-state index contributed by atoms with van der Waals surface area (Å²) in [6.45, 7) is 6.10. The number of esters is 1. The van der Waals surface area contributed by atoms with E-state index in [0.29, 0.717) is 23.7 Å². The molecule has 0 N–H and O–H groups in total. The Morgan fingerprint density at radius 3 is 2.35 bits per heavy atom. The fraction of sp³-hybridized carbons (Fsp3) is 0.440. The Morgan fingerprint density at radius 1 is 1.03 bits per heavy atom. The number of carbonyl (C=O) groups excluding carboxylic acids is 2. The SMILES string of the molecule is COc1cc(C(=O)O[C@H](C)C(=O)N2[C@H](C)CCC[C@@H]2C)ccc1OCc1ccccc1. The monoisotopic (exact) mass is 425 g/mol. The smallest absolute Gasteiger partial charge is 0.339 e. The molecule has 0 aliphatic carbocycles. The maximum absolute atomic E-state index is 12.9. The summed E-state index contributed by atoms with van der Waals surface area (Å²) in [7, 11) is 1.52. The maximum Gasteiger partial charge on any atom is 0.339 e. The van der Waals surface area contributed by atoms with Gasteiger partial charge in [-0.3, -0.25) is 4.79 Å². The van der Waals surface area contributed by atoms with E-state index < -0.39 is 12.1 Å². The van der Waals surface area contributed by atoms with Crippen molar-refractivity contribution in [1.29, 1.82) is 0 Å². The largest absolute Gasteiger partial charge is 0.493 e. The molecular weight excluding hydrogens is 394 g/mol. The summed E-state index contributed by atoms with van der Waals surface area (Å²) in [5.74, 6) is 0.250. The molecule has 0 unspecified atom stereocenters. The van der Waals surface area contributed by atoms with Gasteiger partial charge in [0.2, 0.25) is 0 Å². The number of hydrogen-bond donors (Lipinski definition) is 0. The van der Waals surface area contributed by atoms with E-state index in [1.54, 1.807) is 25.1 Å². The van der Waals surface area contributed by atoms with Crippen LogP contribution in [0.15, 0.2) is 48.5 Å². The molecule has 1 amide bonds. The molecule has 3 rings (SSSR count). The van der Waals surface area contributed by atoms with E-state index in [9.17, 15) is 9.59 Å². The van der Waals surface area contributed by atoms with E-state index in [2.05, 4.69) is 0 Å². The highest BCUT2D eigenvalue weighted by molar-refractivity contribution is 5.93. The lowest BCUT2D eigenvalue weighted by molar-refractivity contribution is -0.146. The third-order valence-corrected chi connectivity index (χ3v) is 5.72. The van der Waals surface area contributed by atoms with Crippen LogP contribution >= 0.6 is 0 Å². The number of hydrogen-bond acceptors (Lipinski definition) is 5. The molecule has 0 aromatic heterocycles. The summed E-state index contributed by atoms with van der Waals surface area (Å²) in [6.07, 6.45) is 2.20. The number of benzene rings is 2. The molecule has 6 heteroatoms. The van der Waals surface area contributed by atoms with Gasteiger partial charge in [0.1, 0.15) is 6.61 Å². The Balaban J connectivity index is 1.65. The van der Waals surface area contributed by atoms with Crippen molar-refractivity contribution >= 4 is 11.9 Å². The van der Waals surface area contributed by atoms with E-state index in [-0.39, 0.29) is 18.0 Å². The highest BCUT2D eigenvalue weighted by Gasteiger charge is 2.33. The predicted molar refractivity (Wildman–Crippen MR) is 118 cm³/mol. The quantitative estimate of drug-likeness (QED) is 0.606. The van der Waals surface area contributed by atoms with E-state index in [1.165, 1.54) is 7.11 Å². The van der Waals surface area contributed by atoms with Gasteiger partial charge < -0.3 is 19.1 Å². The molecule has 2 aromatic rings. The highest BCUT2D eigenvalue weighted by atomic mass is 16.5. The van der Waals surface area contributed by atoms with Crippen molar-refractivity contribution in [3.63, 3.8) is 0 Å². The van der Waals surface area contributed by atoms with Crippen molar-refractivity contribution in [1.82, 2.24) is 4.90 Å². The highest BCUT2D eigenvalue weighted by Crippen LogP contribution is 2.29. The third kappa shape index (κ3) is 5.57. The van der Waals surface area contributed by atoms with Gasteiger partial charge >= 0.3 is 5.97 Å². The van der Waals surface area contributed by atoms with Crippen LogP contribution < -0.4 is 9.47 Å². The van der Waals surface area contributed by atoms with E-state index >= 15 is 0 Å². The average Bonchev–Trinajstić information content (AvgIpc) is 2.77. The van der Waals surface area contributed by atoms with Crippen LogP contribution in [-0.4, -0.2) is 42.1 Å². The topological polar surface area (TPSA) is 65.1 Å². The molecule has 1 heterocycles. The molecular formula is C25H31NO5. The lowest BCUT2D eigenvalue weighted by Crippen LogP contribution is -2.51. The van der Waals surface area contributed by atoms with Gasteiger partial charge in [-0.2, -0.15) is 0 Å². The molecule has 0 saturated carbocycles. The Hall–Kier alpha value is -3.02. The van der Waals surface area contributed by atoms with Gasteiger partial charge in [0.25, 0.3) is 5.91 Å². The Kier molecular flexibility index (Phi) is 7.55. The number of likely N-dealkylation sites (tertiary alicyclic amines) is 1. The van der Waals surface area contributed by atoms with Crippen LogP contribution in [-0.2, 0) is 16.1 Å². The number of piperidine rings is 1. The summed E-state index contributed by atoms with van der Waals surface area (Å²) < 4.78 is 16.7. The van der Waals surface area contributed by atoms with Crippen LogP contribution in [0.1, 0.15) is 56.0 Å².